The number of likely N-dealkylation sites (tertiary alicyclic amines) is 1. The fraction of sp³-hybridized carbons (Fsp3) is 0.438. The van der Waals surface area contributed by atoms with Crippen LogP contribution >= 0.6 is 11.3 Å². The smallest absolute Gasteiger partial charge is 0.348 e. The molecule has 3 rings (SSSR count). The molecule has 8 heteroatoms. The molecule has 24 heavy (non-hydrogen) atoms. The number of thiophene rings is 1. The first-order valence-electron chi connectivity index (χ1n) is 7.82. The minimum absolute atomic E-state index is 0.152. The molecule has 1 atom stereocenters. The van der Waals surface area contributed by atoms with Crippen molar-refractivity contribution in [3.63, 3.8) is 0 Å². The van der Waals surface area contributed by atoms with Crippen LogP contribution in [0.25, 0.3) is 0 Å². The molecule has 0 unspecified atom stereocenters. The number of nitrogens with one attached hydrogen (secondary N) is 1. The summed E-state index contributed by atoms with van der Waals surface area (Å²) in [5.74, 6) is -0.368. The van der Waals surface area contributed by atoms with E-state index in [0.29, 0.717) is 18.7 Å². The number of carbonyl (C=O) groups is 2. The Labute approximate surface area is 143 Å². The van der Waals surface area contributed by atoms with Gasteiger partial charge in [-0.2, -0.15) is 0 Å². The standard InChI is InChI=1S/C16H19N3O4S/c1-10-9-13(23-18-10)12-3-2-6-19(12)7-4-14(20)17-11-5-8-24-15(11)16(21)22/h5,8-9,12H,2-4,6-7H2,1H3,(H,17,20)(H,21,22)/t12-/m1/s1. The summed E-state index contributed by atoms with van der Waals surface area (Å²) in [6, 6.07) is 3.71. The molecule has 0 spiro atoms. The Hall–Kier alpha value is -2.19. The third-order valence-corrected chi connectivity index (χ3v) is 5.00. The van der Waals surface area contributed by atoms with Crippen molar-refractivity contribution in [1.82, 2.24) is 10.1 Å². The third kappa shape index (κ3) is 3.65. The number of hydrogen-bond acceptors (Lipinski definition) is 6. The van der Waals surface area contributed by atoms with Crippen LogP contribution < -0.4 is 5.32 Å². The molecule has 1 fully saturated rings. The Kier molecular flexibility index (Phi) is 4.96. The van der Waals surface area contributed by atoms with Gasteiger partial charge in [-0.1, -0.05) is 5.16 Å². The van der Waals surface area contributed by atoms with Gasteiger partial charge in [0.2, 0.25) is 5.91 Å². The first kappa shape index (κ1) is 16.7. The predicted molar refractivity (Wildman–Crippen MR) is 89.3 cm³/mol. The zero-order valence-electron chi connectivity index (χ0n) is 13.3. The number of aromatic nitrogens is 1. The molecule has 0 aromatic carbocycles. The molecule has 1 amide bonds. The van der Waals surface area contributed by atoms with Crippen LogP contribution in [0.1, 0.15) is 46.4 Å². The molecule has 0 saturated carbocycles. The van der Waals surface area contributed by atoms with Crippen molar-refractivity contribution in [1.29, 1.82) is 0 Å². The lowest BCUT2D eigenvalue weighted by Crippen LogP contribution is -2.27. The number of carboxylic acid groups (broad SMARTS) is 1. The first-order valence-corrected chi connectivity index (χ1v) is 8.70. The SMILES string of the molecule is Cc1cc([C@H]2CCCN2CCC(=O)Nc2ccsc2C(=O)O)on1. The summed E-state index contributed by atoms with van der Waals surface area (Å²) in [4.78, 5) is 25.6. The van der Waals surface area contributed by atoms with Gasteiger partial charge in [0, 0.05) is 19.0 Å². The second kappa shape index (κ2) is 7.14. The lowest BCUT2D eigenvalue weighted by Gasteiger charge is -2.21. The number of hydrogen-bond donors (Lipinski definition) is 2. The molecule has 0 bridgehead atoms. The van der Waals surface area contributed by atoms with Gasteiger partial charge in [0.15, 0.2) is 5.76 Å². The van der Waals surface area contributed by atoms with Gasteiger partial charge in [-0.15, -0.1) is 11.3 Å². The monoisotopic (exact) mass is 349 g/mol. The van der Waals surface area contributed by atoms with Gasteiger partial charge in [-0.25, -0.2) is 4.79 Å². The molecule has 1 saturated heterocycles. The summed E-state index contributed by atoms with van der Waals surface area (Å²) in [5, 5.41) is 17.3. The lowest BCUT2D eigenvalue weighted by molar-refractivity contribution is -0.116. The van der Waals surface area contributed by atoms with Gasteiger partial charge in [-0.05, 0) is 37.8 Å². The summed E-state index contributed by atoms with van der Waals surface area (Å²) >= 11 is 1.10. The van der Waals surface area contributed by atoms with Crippen LogP contribution in [-0.4, -0.2) is 40.1 Å². The van der Waals surface area contributed by atoms with E-state index < -0.39 is 5.97 Å². The zero-order chi connectivity index (χ0) is 17.1. The van der Waals surface area contributed by atoms with Crippen LogP contribution in [0, 0.1) is 6.92 Å². The number of carbonyl (C=O) groups excluding carboxylic acids is 1. The van der Waals surface area contributed by atoms with E-state index in [1.165, 1.54) is 0 Å². The fourth-order valence-corrected chi connectivity index (χ4v) is 3.67. The highest BCUT2D eigenvalue weighted by molar-refractivity contribution is 7.12. The minimum Gasteiger partial charge on any atom is -0.477 e. The number of aromatic carboxylic acids is 1. The molecule has 1 aliphatic rings. The van der Waals surface area contributed by atoms with E-state index in [1.54, 1.807) is 11.4 Å². The summed E-state index contributed by atoms with van der Waals surface area (Å²) in [5.41, 5.74) is 1.22. The van der Waals surface area contributed by atoms with E-state index in [-0.39, 0.29) is 16.8 Å². The molecule has 2 aromatic heterocycles. The molecule has 2 N–H and O–H groups in total. The maximum Gasteiger partial charge on any atom is 0.348 e. The number of amides is 1. The van der Waals surface area contributed by atoms with Gasteiger partial charge in [0.05, 0.1) is 17.4 Å². The lowest BCUT2D eigenvalue weighted by atomic mass is 10.1. The van der Waals surface area contributed by atoms with Gasteiger partial charge >= 0.3 is 5.97 Å². The highest BCUT2D eigenvalue weighted by Crippen LogP contribution is 2.32. The van der Waals surface area contributed by atoms with E-state index >= 15 is 0 Å². The maximum atomic E-state index is 12.1. The molecule has 1 aliphatic heterocycles. The summed E-state index contributed by atoms with van der Waals surface area (Å²) in [7, 11) is 0. The number of carboxylic acids is 1. The second-order valence-corrected chi connectivity index (χ2v) is 6.75. The van der Waals surface area contributed by atoms with E-state index in [2.05, 4.69) is 15.4 Å². The molecular weight excluding hydrogens is 330 g/mol. The summed E-state index contributed by atoms with van der Waals surface area (Å²) in [6.45, 7) is 3.40. The Morgan fingerprint density at radius 3 is 3.08 bits per heavy atom. The fourth-order valence-electron chi connectivity index (χ4n) is 2.99. The van der Waals surface area contributed by atoms with Crippen LogP contribution in [0.3, 0.4) is 0 Å². The van der Waals surface area contributed by atoms with Crippen LogP contribution in [-0.2, 0) is 4.79 Å². The predicted octanol–water partition coefficient (Wildman–Crippen LogP) is 2.91. The van der Waals surface area contributed by atoms with Crippen LogP contribution in [0.5, 0.6) is 0 Å². The van der Waals surface area contributed by atoms with Crippen molar-refractivity contribution >= 4 is 28.9 Å². The number of rotatable bonds is 6. The molecular formula is C16H19N3O4S. The molecule has 3 heterocycles. The van der Waals surface area contributed by atoms with Gasteiger partial charge in [0.1, 0.15) is 4.88 Å². The number of aryl methyl sites for hydroxylation is 1. The van der Waals surface area contributed by atoms with E-state index in [1.807, 2.05) is 13.0 Å². The van der Waals surface area contributed by atoms with Crippen molar-refractivity contribution in [2.24, 2.45) is 0 Å². The zero-order valence-corrected chi connectivity index (χ0v) is 14.1. The van der Waals surface area contributed by atoms with Crippen molar-refractivity contribution in [3.8, 4) is 0 Å². The first-order chi connectivity index (χ1) is 11.5. The van der Waals surface area contributed by atoms with Gasteiger partial charge in [0.25, 0.3) is 0 Å². The molecule has 2 aromatic rings. The molecule has 128 valence electrons. The van der Waals surface area contributed by atoms with Gasteiger partial charge < -0.3 is 14.9 Å². The van der Waals surface area contributed by atoms with E-state index in [4.69, 9.17) is 9.63 Å². The topological polar surface area (TPSA) is 95.7 Å². The summed E-state index contributed by atoms with van der Waals surface area (Å²) in [6.07, 6.45) is 2.35. The quantitative estimate of drug-likeness (QED) is 0.832. The Morgan fingerprint density at radius 2 is 2.38 bits per heavy atom. The van der Waals surface area contributed by atoms with Crippen LogP contribution in [0.2, 0.25) is 0 Å². The summed E-state index contributed by atoms with van der Waals surface area (Å²) < 4.78 is 5.36. The number of nitrogens with zero attached hydrogens (tertiary/aromatic N) is 2. The Morgan fingerprint density at radius 1 is 1.54 bits per heavy atom. The van der Waals surface area contributed by atoms with Crippen LogP contribution in [0.15, 0.2) is 22.0 Å². The van der Waals surface area contributed by atoms with E-state index in [9.17, 15) is 9.59 Å². The van der Waals surface area contributed by atoms with Crippen molar-refractivity contribution in [3.05, 3.63) is 33.8 Å². The molecule has 7 nitrogen and oxygen atoms in total. The van der Waals surface area contributed by atoms with Crippen molar-refractivity contribution in [2.75, 3.05) is 18.4 Å². The average molecular weight is 349 g/mol. The minimum atomic E-state index is -1.03. The molecule has 0 aliphatic carbocycles. The van der Waals surface area contributed by atoms with Crippen molar-refractivity contribution < 1.29 is 19.2 Å². The van der Waals surface area contributed by atoms with Gasteiger partial charge in [-0.3, -0.25) is 9.69 Å². The Bertz CT molecular complexity index is 739. The molecule has 0 radical (unpaired) electrons. The van der Waals surface area contributed by atoms with Crippen LogP contribution in [0.4, 0.5) is 5.69 Å². The Balaban J connectivity index is 1.56. The largest absolute Gasteiger partial charge is 0.477 e. The van der Waals surface area contributed by atoms with E-state index in [0.717, 1.165) is 42.2 Å². The maximum absolute atomic E-state index is 12.1. The number of anilines is 1. The third-order valence-electron chi connectivity index (χ3n) is 4.10. The second-order valence-electron chi connectivity index (χ2n) is 5.83. The normalized spacial score (nSPS) is 18.0. The highest BCUT2D eigenvalue weighted by Gasteiger charge is 2.29. The van der Waals surface area contributed by atoms with Crippen molar-refractivity contribution in [2.45, 2.75) is 32.2 Å². The highest BCUT2D eigenvalue weighted by atomic mass is 32.1. The average Bonchev–Trinajstić information content (AvgIpc) is 3.24.